The van der Waals surface area contributed by atoms with Crippen LogP contribution in [0.2, 0.25) is 0 Å². The highest BCUT2D eigenvalue weighted by molar-refractivity contribution is 5.92. The number of hydrogen-bond acceptors (Lipinski definition) is 8. The summed E-state index contributed by atoms with van der Waals surface area (Å²) < 4.78 is 32.6. The number of esters is 2. The van der Waals surface area contributed by atoms with Crippen molar-refractivity contribution in [3.63, 3.8) is 0 Å². The predicted octanol–water partition coefficient (Wildman–Crippen LogP) is 7.07. The topological polar surface area (TPSA) is 89.5 Å². The summed E-state index contributed by atoms with van der Waals surface area (Å²) in [6.45, 7) is 11.1. The van der Waals surface area contributed by atoms with E-state index in [9.17, 15) is 9.59 Å². The van der Waals surface area contributed by atoms with Crippen LogP contribution in [0.25, 0.3) is 0 Å². The molecule has 0 spiro atoms. The predicted molar refractivity (Wildman–Crippen MR) is 156 cm³/mol. The summed E-state index contributed by atoms with van der Waals surface area (Å²) in [7, 11) is 0. The van der Waals surface area contributed by atoms with Gasteiger partial charge in [0.05, 0.1) is 50.1 Å². The number of carbonyl (C=O) groups excluding carboxylic acids is 2. The van der Waals surface area contributed by atoms with E-state index in [1.807, 2.05) is 0 Å². The van der Waals surface area contributed by atoms with Crippen molar-refractivity contribution >= 4 is 11.9 Å². The monoisotopic (exact) mass is 560 g/mol. The third-order valence-corrected chi connectivity index (χ3v) is 5.83. The Hall–Kier alpha value is -4.72. The molecule has 0 radical (unpaired) electrons. The Morgan fingerprint density at radius 2 is 1.05 bits per heavy atom. The van der Waals surface area contributed by atoms with Gasteiger partial charge in [-0.05, 0) is 105 Å². The van der Waals surface area contributed by atoms with Crippen LogP contribution in [0.3, 0.4) is 0 Å². The van der Waals surface area contributed by atoms with Gasteiger partial charge in [0, 0.05) is 0 Å². The van der Waals surface area contributed by atoms with Gasteiger partial charge in [-0.15, -0.1) is 0 Å². The zero-order valence-corrected chi connectivity index (χ0v) is 23.3. The van der Waals surface area contributed by atoms with Crippen LogP contribution in [0.5, 0.6) is 23.0 Å². The molecule has 8 nitrogen and oxygen atoms in total. The Balaban J connectivity index is 1.45. The van der Waals surface area contributed by atoms with Crippen molar-refractivity contribution in [2.45, 2.75) is 32.6 Å². The molecule has 0 saturated carbocycles. The molecule has 3 rings (SSSR count). The number of carbonyl (C=O) groups is 2. The fourth-order valence-electron chi connectivity index (χ4n) is 3.62. The van der Waals surface area contributed by atoms with Gasteiger partial charge >= 0.3 is 11.9 Å². The third-order valence-electron chi connectivity index (χ3n) is 5.83. The van der Waals surface area contributed by atoms with E-state index in [-0.39, 0.29) is 0 Å². The Labute approximate surface area is 241 Å². The quantitative estimate of drug-likeness (QED) is 0.0706. The van der Waals surface area contributed by atoms with Crippen LogP contribution >= 0.6 is 0 Å². The summed E-state index contributed by atoms with van der Waals surface area (Å²) >= 11 is 0. The van der Waals surface area contributed by atoms with E-state index in [1.165, 1.54) is 12.5 Å². The average molecular weight is 561 g/mol. The largest absolute Gasteiger partial charge is 0.502 e. The molecule has 0 bridgehead atoms. The molecule has 0 atom stereocenters. The number of benzene rings is 3. The fraction of sp³-hybridized carbons (Fsp3) is 0.273. The van der Waals surface area contributed by atoms with Crippen LogP contribution in [-0.4, -0.2) is 38.4 Å². The fourth-order valence-corrected chi connectivity index (χ4v) is 3.62. The van der Waals surface area contributed by atoms with Crippen molar-refractivity contribution < 1.29 is 38.0 Å². The second-order valence-electron chi connectivity index (χ2n) is 8.94. The van der Waals surface area contributed by atoms with Crippen LogP contribution in [0.1, 0.15) is 52.0 Å². The van der Waals surface area contributed by atoms with Crippen LogP contribution < -0.4 is 18.9 Å². The molecule has 0 heterocycles. The van der Waals surface area contributed by atoms with Gasteiger partial charge in [0.2, 0.25) is 0 Å². The van der Waals surface area contributed by atoms with Gasteiger partial charge in [0.1, 0.15) is 23.0 Å². The molecule has 0 N–H and O–H groups in total. The minimum atomic E-state index is -0.505. The zero-order chi connectivity index (χ0) is 29.3. The second kappa shape index (κ2) is 17.1. The molecule has 3 aromatic rings. The molecule has 0 unspecified atom stereocenters. The minimum absolute atomic E-state index is 0.340. The first-order valence-electron chi connectivity index (χ1n) is 13.5. The summed E-state index contributed by atoms with van der Waals surface area (Å²) in [6.07, 6.45) is 6.27. The Morgan fingerprint density at radius 3 is 1.51 bits per heavy atom. The summed E-state index contributed by atoms with van der Waals surface area (Å²) in [5, 5.41) is 0. The number of hydrogen-bond donors (Lipinski definition) is 0. The molecule has 0 amide bonds. The first-order valence-corrected chi connectivity index (χ1v) is 13.5. The minimum Gasteiger partial charge on any atom is -0.502 e. The van der Waals surface area contributed by atoms with Gasteiger partial charge in [-0.25, -0.2) is 9.59 Å². The Kier molecular flexibility index (Phi) is 12.8. The Bertz CT molecular complexity index is 1270. The van der Waals surface area contributed by atoms with Crippen LogP contribution in [0, 0.1) is 6.92 Å². The van der Waals surface area contributed by atoms with E-state index in [1.54, 1.807) is 73.7 Å². The number of aryl methyl sites for hydroxylation is 1. The van der Waals surface area contributed by atoms with Crippen LogP contribution in [0.4, 0.5) is 0 Å². The summed E-state index contributed by atoms with van der Waals surface area (Å²) in [5.41, 5.74) is 1.42. The highest BCUT2D eigenvalue weighted by Crippen LogP contribution is 2.26. The summed E-state index contributed by atoms with van der Waals surface area (Å²) in [6, 6.07) is 18.3. The first-order chi connectivity index (χ1) is 20.0. The molecule has 0 fully saturated rings. The van der Waals surface area contributed by atoms with Crippen molar-refractivity contribution in [1.29, 1.82) is 0 Å². The van der Waals surface area contributed by atoms with E-state index in [0.717, 1.165) is 25.7 Å². The zero-order valence-electron chi connectivity index (χ0n) is 23.3. The van der Waals surface area contributed by atoms with E-state index >= 15 is 0 Å². The SMILES string of the molecule is C=COCCCCOc1ccc(C(=O)Oc2ccc(OC(=O)c3ccc(OCCCCOC=C)cc3)c(C)c2)cc1. The number of rotatable bonds is 18. The molecular formula is C33H36O8. The molecule has 0 aliphatic heterocycles. The standard InChI is InChI=1S/C33H36O8/c1-4-36-20-6-8-22-38-28-14-10-26(11-15-28)32(34)40-30-18-19-31(25(3)24-30)41-33(35)27-12-16-29(17-13-27)39-23-9-7-21-37-5-2/h4-5,10-19,24H,1-2,6-9,20-23H2,3H3. The van der Waals surface area contributed by atoms with Gasteiger partial charge in [0.25, 0.3) is 0 Å². The van der Waals surface area contributed by atoms with Crippen LogP contribution in [-0.2, 0) is 9.47 Å². The molecule has 0 saturated heterocycles. The molecule has 0 aromatic heterocycles. The molecule has 0 aliphatic rings. The van der Waals surface area contributed by atoms with E-state index in [2.05, 4.69) is 13.2 Å². The lowest BCUT2D eigenvalue weighted by Gasteiger charge is -2.11. The maximum atomic E-state index is 12.6. The molecule has 8 heteroatoms. The smallest absolute Gasteiger partial charge is 0.343 e. The lowest BCUT2D eigenvalue weighted by atomic mass is 10.2. The summed E-state index contributed by atoms with van der Waals surface area (Å²) in [4.78, 5) is 25.3. The van der Waals surface area contributed by atoms with Crippen molar-refractivity contribution in [2.24, 2.45) is 0 Å². The van der Waals surface area contributed by atoms with Crippen molar-refractivity contribution in [2.75, 3.05) is 26.4 Å². The van der Waals surface area contributed by atoms with Gasteiger partial charge in [-0.1, -0.05) is 13.2 Å². The van der Waals surface area contributed by atoms with Crippen molar-refractivity contribution in [1.82, 2.24) is 0 Å². The van der Waals surface area contributed by atoms with Crippen molar-refractivity contribution in [3.05, 3.63) is 109 Å². The van der Waals surface area contributed by atoms with Crippen molar-refractivity contribution in [3.8, 4) is 23.0 Å². The maximum absolute atomic E-state index is 12.6. The maximum Gasteiger partial charge on any atom is 0.343 e. The molecule has 0 aliphatic carbocycles. The average Bonchev–Trinajstić information content (AvgIpc) is 2.98. The molecule has 3 aromatic carbocycles. The van der Waals surface area contributed by atoms with E-state index in [4.69, 9.17) is 28.4 Å². The first kappa shape index (κ1) is 30.8. The lowest BCUT2D eigenvalue weighted by Crippen LogP contribution is -2.10. The Morgan fingerprint density at radius 1 is 0.610 bits per heavy atom. The molecular weight excluding hydrogens is 524 g/mol. The molecule has 41 heavy (non-hydrogen) atoms. The van der Waals surface area contributed by atoms with Crippen LogP contribution in [0.15, 0.2) is 92.4 Å². The number of unbranched alkanes of at least 4 members (excludes halogenated alkanes) is 2. The molecule has 216 valence electrons. The van der Waals surface area contributed by atoms with Gasteiger partial charge < -0.3 is 28.4 Å². The highest BCUT2D eigenvalue weighted by atomic mass is 16.5. The van der Waals surface area contributed by atoms with Gasteiger partial charge in [-0.3, -0.25) is 0 Å². The van der Waals surface area contributed by atoms with Gasteiger partial charge in [0.15, 0.2) is 0 Å². The van der Waals surface area contributed by atoms with E-state index in [0.29, 0.717) is 66.1 Å². The van der Waals surface area contributed by atoms with E-state index < -0.39 is 11.9 Å². The normalized spacial score (nSPS) is 10.3. The third kappa shape index (κ3) is 10.8. The lowest BCUT2D eigenvalue weighted by molar-refractivity contribution is 0.0718. The highest BCUT2D eigenvalue weighted by Gasteiger charge is 2.14. The number of ether oxygens (including phenoxy) is 6. The second-order valence-corrected chi connectivity index (χ2v) is 8.94. The van der Waals surface area contributed by atoms with Gasteiger partial charge in [-0.2, -0.15) is 0 Å². The summed E-state index contributed by atoms with van der Waals surface area (Å²) in [5.74, 6) is 1.04.